The number of aromatic nitrogens is 2. The molecule has 0 amide bonds. The van der Waals surface area contributed by atoms with E-state index in [1.54, 1.807) is 10.6 Å². The van der Waals surface area contributed by atoms with Crippen molar-refractivity contribution >= 4 is 22.4 Å². The lowest BCUT2D eigenvalue weighted by atomic mass is 10.2. The van der Waals surface area contributed by atoms with Crippen LogP contribution in [-0.2, 0) is 17.6 Å². The molecule has 8 nitrogen and oxygen atoms in total. The average molecular weight is 408 g/mol. The van der Waals surface area contributed by atoms with Crippen molar-refractivity contribution in [1.82, 2.24) is 9.55 Å². The molecule has 3 aromatic rings. The molecule has 0 atom stereocenters. The molecule has 29 heavy (non-hydrogen) atoms. The Labute approximate surface area is 162 Å². The molecule has 0 aliphatic rings. The second-order valence-electron chi connectivity index (χ2n) is 5.96. The molecule has 1 aromatic heterocycles. The Hall–Kier alpha value is -3.63. The predicted molar refractivity (Wildman–Crippen MR) is 97.8 cm³/mol. The Balaban J connectivity index is 1.75. The minimum Gasteiger partial charge on any atom is -0.487 e. The van der Waals surface area contributed by atoms with Crippen LogP contribution in [0.3, 0.4) is 0 Å². The highest BCUT2D eigenvalue weighted by atomic mass is 19.4. The van der Waals surface area contributed by atoms with Gasteiger partial charge in [-0.05, 0) is 24.3 Å². The molecule has 3 rings (SSSR count). The zero-order chi connectivity index (χ0) is 21.0. The van der Waals surface area contributed by atoms with Gasteiger partial charge in [-0.3, -0.25) is 10.1 Å². The fourth-order valence-electron chi connectivity index (χ4n) is 2.65. The first kappa shape index (κ1) is 20.1. The molecule has 0 saturated heterocycles. The number of oxime groups is 1. The van der Waals surface area contributed by atoms with Gasteiger partial charge < -0.3 is 14.1 Å². The van der Waals surface area contributed by atoms with Gasteiger partial charge in [0.15, 0.2) is 0 Å². The maximum Gasteiger partial charge on any atom is 0.416 e. The first-order valence-corrected chi connectivity index (χ1v) is 8.26. The number of nitrogens with zero attached hydrogens (tertiary/aromatic N) is 4. The van der Waals surface area contributed by atoms with Crippen molar-refractivity contribution in [1.29, 1.82) is 0 Å². The van der Waals surface area contributed by atoms with Crippen molar-refractivity contribution in [3.05, 3.63) is 64.5 Å². The molecule has 0 unspecified atom stereocenters. The molecule has 1 heterocycles. The SMILES string of the molecule is CON=C(COc1cccc(C(F)(F)F)c1)Cn1cnc2cc([N+](=O)[O-])ccc21. The standard InChI is InChI=1S/C18H15F3N4O4/c1-28-23-13(10-29-15-4-2-3-12(7-15)18(19,20)21)9-24-11-22-16-8-14(25(26)27)5-6-17(16)24/h2-8,11H,9-10H2,1H3. The van der Waals surface area contributed by atoms with Gasteiger partial charge in [0.05, 0.1) is 34.4 Å². The van der Waals surface area contributed by atoms with Gasteiger partial charge in [0.2, 0.25) is 0 Å². The summed E-state index contributed by atoms with van der Waals surface area (Å²) in [5.74, 6) is 0.0368. The summed E-state index contributed by atoms with van der Waals surface area (Å²) in [5, 5.41) is 14.7. The number of hydrogen-bond donors (Lipinski definition) is 0. The first-order chi connectivity index (χ1) is 13.8. The quantitative estimate of drug-likeness (QED) is 0.334. The van der Waals surface area contributed by atoms with E-state index in [4.69, 9.17) is 9.57 Å². The van der Waals surface area contributed by atoms with Crippen molar-refractivity contribution in [3.63, 3.8) is 0 Å². The Morgan fingerprint density at radius 2 is 2.07 bits per heavy atom. The molecular formula is C18H15F3N4O4. The average Bonchev–Trinajstić information content (AvgIpc) is 3.08. The van der Waals surface area contributed by atoms with Crippen LogP contribution in [0.1, 0.15) is 5.56 Å². The number of benzene rings is 2. The predicted octanol–water partition coefficient (Wildman–Crippen LogP) is 4.04. The molecule has 0 radical (unpaired) electrons. The molecule has 11 heteroatoms. The van der Waals surface area contributed by atoms with Gasteiger partial charge in [-0.25, -0.2) is 4.98 Å². The van der Waals surface area contributed by atoms with Crippen molar-refractivity contribution in [2.45, 2.75) is 12.7 Å². The van der Waals surface area contributed by atoms with Gasteiger partial charge >= 0.3 is 6.18 Å². The number of nitro groups is 1. The van der Waals surface area contributed by atoms with Crippen LogP contribution in [0.2, 0.25) is 0 Å². The third-order valence-electron chi connectivity index (χ3n) is 3.96. The lowest BCUT2D eigenvalue weighted by Gasteiger charge is -2.12. The van der Waals surface area contributed by atoms with Crippen LogP contribution in [0, 0.1) is 10.1 Å². The normalized spacial score (nSPS) is 12.2. The van der Waals surface area contributed by atoms with E-state index in [0.29, 0.717) is 16.7 Å². The molecule has 0 spiro atoms. The highest BCUT2D eigenvalue weighted by Crippen LogP contribution is 2.31. The summed E-state index contributed by atoms with van der Waals surface area (Å²) >= 11 is 0. The van der Waals surface area contributed by atoms with E-state index in [2.05, 4.69) is 10.1 Å². The highest BCUT2D eigenvalue weighted by Gasteiger charge is 2.30. The summed E-state index contributed by atoms with van der Waals surface area (Å²) in [7, 11) is 1.33. The van der Waals surface area contributed by atoms with Crippen LogP contribution < -0.4 is 4.74 Å². The van der Waals surface area contributed by atoms with Crippen molar-refractivity contribution in [2.24, 2.45) is 5.16 Å². The molecule has 0 aliphatic carbocycles. The van der Waals surface area contributed by atoms with Gasteiger partial charge in [0.25, 0.3) is 5.69 Å². The Kier molecular flexibility index (Phi) is 5.66. The van der Waals surface area contributed by atoms with Gasteiger partial charge in [-0.1, -0.05) is 11.2 Å². The summed E-state index contributed by atoms with van der Waals surface area (Å²) in [4.78, 5) is 19.3. The smallest absolute Gasteiger partial charge is 0.416 e. The number of rotatable bonds is 7. The zero-order valence-electron chi connectivity index (χ0n) is 15.1. The van der Waals surface area contributed by atoms with E-state index in [9.17, 15) is 23.3 Å². The van der Waals surface area contributed by atoms with Crippen LogP contribution in [0.5, 0.6) is 5.75 Å². The minimum absolute atomic E-state index is 0.0368. The largest absolute Gasteiger partial charge is 0.487 e. The number of imidazole rings is 1. The number of nitro benzene ring substituents is 1. The third-order valence-corrected chi connectivity index (χ3v) is 3.96. The molecule has 0 fully saturated rings. The fraction of sp³-hybridized carbons (Fsp3) is 0.222. The van der Waals surface area contributed by atoms with E-state index in [1.165, 1.54) is 37.7 Å². The molecule has 0 aliphatic heterocycles. The lowest BCUT2D eigenvalue weighted by Crippen LogP contribution is -2.18. The Morgan fingerprint density at radius 3 is 2.76 bits per heavy atom. The topological polar surface area (TPSA) is 91.8 Å². The summed E-state index contributed by atoms with van der Waals surface area (Å²) in [6, 6.07) is 8.76. The van der Waals surface area contributed by atoms with Crippen molar-refractivity contribution in [3.8, 4) is 5.75 Å². The third kappa shape index (κ3) is 4.81. The maximum atomic E-state index is 12.8. The molecule has 0 bridgehead atoms. The summed E-state index contributed by atoms with van der Waals surface area (Å²) in [6.45, 7) is 0.0446. The summed E-state index contributed by atoms with van der Waals surface area (Å²) in [6.07, 6.45) is -3.00. The van der Waals surface area contributed by atoms with Gasteiger partial charge in [-0.15, -0.1) is 0 Å². The van der Waals surface area contributed by atoms with Crippen LogP contribution in [0.15, 0.2) is 53.9 Å². The molecule has 2 aromatic carbocycles. The van der Waals surface area contributed by atoms with Gasteiger partial charge in [0, 0.05) is 12.1 Å². The number of halogens is 3. The number of non-ortho nitro benzene ring substituents is 1. The van der Waals surface area contributed by atoms with Gasteiger partial charge in [-0.2, -0.15) is 13.2 Å². The van der Waals surface area contributed by atoms with E-state index >= 15 is 0 Å². The van der Waals surface area contributed by atoms with Crippen LogP contribution in [0.4, 0.5) is 18.9 Å². The maximum absolute atomic E-state index is 12.8. The van der Waals surface area contributed by atoms with Crippen LogP contribution in [-0.4, -0.2) is 33.9 Å². The number of alkyl halides is 3. The second-order valence-corrected chi connectivity index (χ2v) is 5.96. The second kappa shape index (κ2) is 8.17. The molecule has 152 valence electrons. The number of fused-ring (bicyclic) bond motifs is 1. The van der Waals surface area contributed by atoms with E-state index in [-0.39, 0.29) is 24.6 Å². The van der Waals surface area contributed by atoms with Crippen molar-refractivity contribution in [2.75, 3.05) is 13.7 Å². The molecular weight excluding hydrogens is 393 g/mol. The first-order valence-electron chi connectivity index (χ1n) is 8.26. The number of ether oxygens (including phenoxy) is 1. The Morgan fingerprint density at radius 1 is 1.28 bits per heavy atom. The van der Waals surface area contributed by atoms with Crippen LogP contribution >= 0.6 is 0 Å². The molecule has 0 N–H and O–H groups in total. The van der Waals surface area contributed by atoms with Crippen LogP contribution in [0.25, 0.3) is 11.0 Å². The number of hydrogen-bond acceptors (Lipinski definition) is 6. The van der Waals surface area contributed by atoms with E-state index in [1.807, 2.05) is 0 Å². The monoisotopic (exact) mass is 408 g/mol. The van der Waals surface area contributed by atoms with Gasteiger partial charge in [0.1, 0.15) is 25.2 Å². The van der Waals surface area contributed by atoms with E-state index in [0.717, 1.165) is 12.1 Å². The van der Waals surface area contributed by atoms with Crippen molar-refractivity contribution < 1.29 is 27.7 Å². The zero-order valence-corrected chi connectivity index (χ0v) is 15.1. The fourth-order valence-corrected chi connectivity index (χ4v) is 2.65. The summed E-state index contributed by atoms with van der Waals surface area (Å²) in [5.41, 5.74) is 0.527. The van der Waals surface area contributed by atoms with E-state index < -0.39 is 16.7 Å². The minimum atomic E-state index is -4.47. The lowest BCUT2D eigenvalue weighted by molar-refractivity contribution is -0.384. The molecule has 0 saturated carbocycles. The Bertz CT molecular complexity index is 1060. The summed E-state index contributed by atoms with van der Waals surface area (Å²) < 4.78 is 45.6. The highest BCUT2D eigenvalue weighted by molar-refractivity contribution is 5.87.